The number of carboxylic acid groups (broad SMARTS) is 1. The fourth-order valence-corrected chi connectivity index (χ4v) is 3.63. The lowest BCUT2D eigenvalue weighted by Crippen LogP contribution is -2.29. The second-order valence-electron chi connectivity index (χ2n) is 7.99. The van der Waals surface area contributed by atoms with Crippen LogP contribution in [0.25, 0.3) is 11.1 Å². The van der Waals surface area contributed by atoms with E-state index in [0.717, 1.165) is 35.4 Å². The summed E-state index contributed by atoms with van der Waals surface area (Å²) in [6, 6.07) is 10.00. The van der Waals surface area contributed by atoms with Gasteiger partial charge >= 0.3 is 6.18 Å². The van der Waals surface area contributed by atoms with Gasteiger partial charge in [0.05, 0.1) is 23.4 Å². The summed E-state index contributed by atoms with van der Waals surface area (Å²) >= 11 is 0. The highest BCUT2D eigenvalue weighted by Crippen LogP contribution is 2.37. The number of ketones is 1. The van der Waals surface area contributed by atoms with Gasteiger partial charge in [0.15, 0.2) is 5.78 Å². The number of carbonyl (C=O) groups excluding carboxylic acids is 3. The number of anilines is 2. The van der Waals surface area contributed by atoms with Crippen molar-refractivity contribution in [3.63, 3.8) is 0 Å². The molecule has 0 spiro atoms. The molecule has 1 heterocycles. The van der Waals surface area contributed by atoms with Crippen LogP contribution in [-0.4, -0.2) is 22.8 Å². The van der Waals surface area contributed by atoms with Crippen molar-refractivity contribution < 1.29 is 32.7 Å². The maximum absolute atomic E-state index is 13.3. The molecule has 7 nitrogen and oxygen atoms in total. The lowest BCUT2D eigenvalue weighted by Gasteiger charge is -2.18. The molecule has 10 heteroatoms. The summed E-state index contributed by atoms with van der Waals surface area (Å²) in [4.78, 5) is 40.4. The molecule has 1 aromatic heterocycles. The minimum Gasteiger partial charge on any atom is -0.530 e. The van der Waals surface area contributed by atoms with Gasteiger partial charge < -0.3 is 20.5 Å². The van der Waals surface area contributed by atoms with Crippen LogP contribution in [0, 0.1) is 20.8 Å². The van der Waals surface area contributed by atoms with Crippen LogP contribution in [-0.2, 0) is 11.0 Å². The van der Waals surface area contributed by atoms with E-state index in [2.05, 4.69) is 10.3 Å². The zero-order valence-corrected chi connectivity index (χ0v) is 19.0. The van der Waals surface area contributed by atoms with Crippen LogP contribution in [0.2, 0.25) is 0 Å². The zero-order valence-electron chi connectivity index (χ0n) is 19.0. The van der Waals surface area contributed by atoms with Crippen molar-refractivity contribution in [1.29, 1.82) is 0 Å². The third kappa shape index (κ3) is 6.23. The third-order valence-electron chi connectivity index (χ3n) is 5.24. The number of amides is 2. The van der Waals surface area contributed by atoms with Crippen LogP contribution in [0.3, 0.4) is 0 Å². The van der Waals surface area contributed by atoms with Crippen LogP contribution in [0.4, 0.5) is 29.3 Å². The van der Waals surface area contributed by atoms with Gasteiger partial charge in [0, 0.05) is 23.0 Å². The van der Waals surface area contributed by atoms with E-state index in [4.69, 9.17) is 0 Å². The first kappa shape index (κ1) is 25.4. The smallest absolute Gasteiger partial charge is 0.416 e. The molecular formula is C25H21F3N3O4-. The molecule has 2 N–H and O–H groups in total. The van der Waals surface area contributed by atoms with E-state index in [-0.39, 0.29) is 16.8 Å². The second-order valence-corrected chi connectivity index (χ2v) is 7.99. The Kier molecular flexibility index (Phi) is 7.23. The lowest BCUT2D eigenvalue weighted by molar-refractivity contribution is -0.242. The van der Waals surface area contributed by atoms with Crippen LogP contribution in [0.15, 0.2) is 48.7 Å². The summed E-state index contributed by atoms with van der Waals surface area (Å²) in [7, 11) is 0. The summed E-state index contributed by atoms with van der Waals surface area (Å²) in [5.41, 5.74) is 1.49. The molecule has 0 saturated carbocycles. The predicted molar refractivity (Wildman–Crippen MR) is 122 cm³/mol. The Morgan fingerprint density at radius 1 is 0.943 bits per heavy atom. The number of nitrogens with zero attached hydrogens (tertiary/aromatic N) is 1. The van der Waals surface area contributed by atoms with Crippen molar-refractivity contribution >= 4 is 29.2 Å². The number of nitrogens with one attached hydrogen (secondary N) is 2. The van der Waals surface area contributed by atoms with Crippen molar-refractivity contribution in [3.05, 3.63) is 76.6 Å². The Morgan fingerprint density at radius 3 is 2.26 bits per heavy atom. The van der Waals surface area contributed by atoms with Crippen molar-refractivity contribution in [2.75, 3.05) is 10.6 Å². The van der Waals surface area contributed by atoms with Crippen molar-refractivity contribution in [2.45, 2.75) is 33.4 Å². The van der Waals surface area contributed by atoms with Gasteiger partial charge in [-0.2, -0.15) is 13.2 Å². The van der Waals surface area contributed by atoms with E-state index in [1.54, 1.807) is 24.4 Å². The molecule has 2 amide bonds. The Labute approximate surface area is 199 Å². The number of pyridine rings is 1. The van der Waals surface area contributed by atoms with Crippen molar-refractivity contribution in [3.8, 4) is 11.1 Å². The maximum Gasteiger partial charge on any atom is 0.416 e. The normalized spacial score (nSPS) is 11.1. The molecule has 3 aromatic rings. The fraction of sp³-hybridized carbons (Fsp3) is 0.200. The summed E-state index contributed by atoms with van der Waals surface area (Å²) in [6.45, 7) is 4.91. The summed E-state index contributed by atoms with van der Waals surface area (Å²) in [5, 5.41) is 15.0. The van der Waals surface area contributed by atoms with E-state index in [1.165, 1.54) is 6.07 Å². The number of Topliss-reactive ketones (excluding diaryl/α,β-unsaturated/α-hetero) is 1. The number of benzene rings is 2. The first-order valence-electron chi connectivity index (χ1n) is 10.4. The number of alkyl halides is 3. The molecule has 0 unspecified atom stereocenters. The summed E-state index contributed by atoms with van der Waals surface area (Å²) < 4.78 is 39.9. The van der Waals surface area contributed by atoms with Crippen molar-refractivity contribution in [1.82, 2.24) is 4.98 Å². The fourth-order valence-electron chi connectivity index (χ4n) is 3.63. The number of aromatic nitrogens is 1. The van der Waals surface area contributed by atoms with Crippen molar-refractivity contribution in [2.24, 2.45) is 0 Å². The van der Waals surface area contributed by atoms with E-state index >= 15 is 0 Å². The molecule has 0 aliphatic carbocycles. The molecule has 0 aliphatic heterocycles. The largest absolute Gasteiger partial charge is 0.530 e. The SMILES string of the molecule is Cc1cc(C)c(-c2cccc(C(=O)CC(=O)Nc3cc(C(F)(F)F)c(C)cc3NC(=O)[O-])c2)cn1. The zero-order chi connectivity index (χ0) is 25.9. The Balaban J connectivity index is 1.83. The highest BCUT2D eigenvalue weighted by atomic mass is 19.4. The molecule has 3 rings (SSSR count). The predicted octanol–water partition coefficient (Wildman–Crippen LogP) is 4.66. The van der Waals surface area contributed by atoms with Gasteiger partial charge in [0.25, 0.3) is 0 Å². The minimum atomic E-state index is -4.73. The second kappa shape index (κ2) is 9.96. The molecule has 0 radical (unpaired) electrons. The molecule has 0 saturated heterocycles. The van der Waals surface area contributed by atoms with Crippen LogP contribution in [0.1, 0.15) is 39.2 Å². The number of hydrogen-bond acceptors (Lipinski definition) is 5. The van der Waals surface area contributed by atoms with Gasteiger partial charge in [0.1, 0.15) is 6.09 Å². The van der Waals surface area contributed by atoms with Gasteiger partial charge in [-0.1, -0.05) is 18.2 Å². The lowest BCUT2D eigenvalue weighted by atomic mass is 9.98. The molecule has 0 bridgehead atoms. The quantitative estimate of drug-likeness (QED) is 0.391. The monoisotopic (exact) mass is 484 g/mol. The highest BCUT2D eigenvalue weighted by Gasteiger charge is 2.33. The van der Waals surface area contributed by atoms with Gasteiger partial charge in [-0.05, 0) is 61.7 Å². The Bertz CT molecular complexity index is 1320. The Morgan fingerprint density at radius 2 is 1.63 bits per heavy atom. The molecule has 182 valence electrons. The number of hydrogen-bond donors (Lipinski definition) is 2. The third-order valence-corrected chi connectivity index (χ3v) is 5.24. The molecule has 35 heavy (non-hydrogen) atoms. The van der Waals surface area contributed by atoms with Crippen LogP contribution in [0.5, 0.6) is 0 Å². The van der Waals surface area contributed by atoms with Crippen LogP contribution >= 0.6 is 0 Å². The highest BCUT2D eigenvalue weighted by molar-refractivity contribution is 6.12. The average molecular weight is 484 g/mol. The van der Waals surface area contributed by atoms with Crippen LogP contribution < -0.4 is 15.7 Å². The van der Waals surface area contributed by atoms with Gasteiger partial charge in [0.2, 0.25) is 5.91 Å². The summed E-state index contributed by atoms with van der Waals surface area (Å²) in [6.07, 6.45) is -5.49. The van der Waals surface area contributed by atoms with Gasteiger partial charge in [-0.3, -0.25) is 14.6 Å². The number of carbonyl (C=O) groups is 3. The topological polar surface area (TPSA) is 111 Å². The molecule has 0 atom stereocenters. The van der Waals surface area contributed by atoms with E-state index < -0.39 is 41.6 Å². The first-order valence-corrected chi connectivity index (χ1v) is 10.4. The standard InChI is InChI=1S/C25H22F3N3O4/c1-13-7-15(3)29-12-18(13)16-5-4-6-17(9-16)22(32)11-23(33)30-21-10-19(25(26,27)28)14(2)8-20(21)31-24(34)35/h4-10,12,31H,11H2,1-3H3,(H,30,33)(H,34,35)/p-1. The number of halogens is 3. The molecule has 0 aliphatic rings. The molecule has 0 fully saturated rings. The maximum atomic E-state index is 13.3. The van der Waals surface area contributed by atoms with Gasteiger partial charge in [-0.15, -0.1) is 0 Å². The van der Waals surface area contributed by atoms with E-state index in [1.807, 2.05) is 25.2 Å². The van der Waals surface area contributed by atoms with E-state index in [0.29, 0.717) is 6.07 Å². The van der Waals surface area contributed by atoms with Gasteiger partial charge in [-0.25, -0.2) is 0 Å². The first-order chi connectivity index (χ1) is 16.3. The number of aryl methyl sites for hydroxylation is 3. The Hall–Kier alpha value is -4.21. The minimum absolute atomic E-state index is 0.227. The molecular weight excluding hydrogens is 463 g/mol. The summed E-state index contributed by atoms with van der Waals surface area (Å²) in [5.74, 6) is -1.48. The average Bonchev–Trinajstić information content (AvgIpc) is 2.74. The van der Waals surface area contributed by atoms with E-state index in [9.17, 15) is 32.7 Å². The number of rotatable bonds is 6. The molecule has 2 aromatic carbocycles.